The highest BCUT2D eigenvalue weighted by atomic mass is 35.5. The number of halogens is 1. The smallest absolute Gasteiger partial charge is 0.263 e. The van der Waals surface area contributed by atoms with E-state index in [4.69, 9.17) is 16.9 Å². The number of sulfonamides is 1. The number of anilines is 1. The highest BCUT2D eigenvalue weighted by Gasteiger charge is 2.17. The Morgan fingerprint density at radius 3 is 2.83 bits per heavy atom. The molecule has 2 rings (SSSR count). The van der Waals surface area contributed by atoms with E-state index < -0.39 is 10.0 Å². The standard InChI is InChI=1S/C15H14ClN3O2S2/c1-11-9-12(10-18-15(11)16)23(20,21)19-13-5-2-3-6-14(13)22-8-4-7-17/h2-3,5-6,9-10,19H,4,8H2,1H3. The van der Waals surface area contributed by atoms with E-state index in [2.05, 4.69) is 15.8 Å². The molecule has 0 saturated heterocycles. The van der Waals surface area contributed by atoms with E-state index in [1.54, 1.807) is 19.1 Å². The molecular weight excluding hydrogens is 354 g/mol. The van der Waals surface area contributed by atoms with Crippen LogP contribution in [-0.2, 0) is 10.0 Å². The summed E-state index contributed by atoms with van der Waals surface area (Å²) in [5, 5.41) is 8.88. The molecule has 1 N–H and O–H groups in total. The molecule has 1 aromatic heterocycles. The second-order valence-electron chi connectivity index (χ2n) is 4.64. The van der Waals surface area contributed by atoms with Gasteiger partial charge in [0.15, 0.2) is 0 Å². The third-order valence-corrected chi connectivity index (χ3v) is 5.71. The highest BCUT2D eigenvalue weighted by molar-refractivity contribution is 7.99. The number of pyridine rings is 1. The fourth-order valence-corrected chi connectivity index (χ4v) is 3.91. The van der Waals surface area contributed by atoms with Crippen LogP contribution in [-0.4, -0.2) is 19.2 Å². The zero-order valence-electron chi connectivity index (χ0n) is 12.3. The van der Waals surface area contributed by atoms with E-state index in [0.717, 1.165) is 4.90 Å². The van der Waals surface area contributed by atoms with Crippen LogP contribution in [0.15, 0.2) is 46.3 Å². The third kappa shape index (κ3) is 4.61. The Labute approximate surface area is 144 Å². The highest BCUT2D eigenvalue weighted by Crippen LogP contribution is 2.29. The predicted molar refractivity (Wildman–Crippen MR) is 92.2 cm³/mol. The molecule has 5 nitrogen and oxygen atoms in total. The van der Waals surface area contributed by atoms with Crippen LogP contribution in [0.2, 0.25) is 5.15 Å². The van der Waals surface area contributed by atoms with Gasteiger partial charge in [-0.05, 0) is 30.7 Å². The fraction of sp³-hybridized carbons (Fsp3) is 0.200. The fourth-order valence-electron chi connectivity index (χ4n) is 1.77. The molecule has 0 aliphatic rings. The quantitative estimate of drug-likeness (QED) is 0.476. The van der Waals surface area contributed by atoms with Crippen molar-refractivity contribution >= 4 is 39.1 Å². The molecular formula is C15H14ClN3O2S2. The van der Waals surface area contributed by atoms with Gasteiger partial charge in [-0.1, -0.05) is 23.7 Å². The van der Waals surface area contributed by atoms with Crippen molar-refractivity contribution < 1.29 is 8.42 Å². The van der Waals surface area contributed by atoms with Gasteiger partial charge in [-0.3, -0.25) is 4.72 Å². The molecule has 0 fully saturated rings. The van der Waals surface area contributed by atoms with Crippen molar-refractivity contribution in [1.29, 1.82) is 5.26 Å². The number of para-hydroxylation sites is 1. The van der Waals surface area contributed by atoms with Crippen molar-refractivity contribution in [2.75, 3.05) is 10.5 Å². The second-order valence-corrected chi connectivity index (χ2v) is 7.81. The van der Waals surface area contributed by atoms with Gasteiger partial charge >= 0.3 is 0 Å². The van der Waals surface area contributed by atoms with Crippen LogP contribution in [0.1, 0.15) is 12.0 Å². The molecule has 1 heterocycles. The first-order valence-electron chi connectivity index (χ1n) is 6.68. The van der Waals surface area contributed by atoms with Crippen molar-refractivity contribution in [1.82, 2.24) is 4.98 Å². The van der Waals surface area contributed by atoms with E-state index in [0.29, 0.717) is 23.4 Å². The molecule has 23 heavy (non-hydrogen) atoms. The maximum Gasteiger partial charge on any atom is 0.263 e. The lowest BCUT2D eigenvalue weighted by molar-refractivity contribution is 0.600. The number of benzene rings is 1. The number of aryl methyl sites for hydroxylation is 1. The third-order valence-electron chi connectivity index (χ3n) is 2.90. The largest absolute Gasteiger partial charge is 0.278 e. The minimum Gasteiger partial charge on any atom is -0.278 e. The Hall–Kier alpha value is -1.75. The molecule has 0 bridgehead atoms. The summed E-state index contributed by atoms with van der Waals surface area (Å²) in [6.07, 6.45) is 1.62. The van der Waals surface area contributed by atoms with Gasteiger partial charge in [-0.2, -0.15) is 5.26 Å². The maximum atomic E-state index is 12.5. The van der Waals surface area contributed by atoms with E-state index >= 15 is 0 Å². The minimum absolute atomic E-state index is 0.0521. The van der Waals surface area contributed by atoms with E-state index in [1.807, 2.05) is 12.1 Å². The number of nitrogens with one attached hydrogen (secondary N) is 1. The van der Waals surface area contributed by atoms with Crippen molar-refractivity contribution in [3.63, 3.8) is 0 Å². The first-order chi connectivity index (χ1) is 10.9. The number of hydrogen-bond acceptors (Lipinski definition) is 5. The zero-order valence-corrected chi connectivity index (χ0v) is 14.7. The molecule has 0 spiro atoms. The van der Waals surface area contributed by atoms with Gasteiger partial charge in [-0.15, -0.1) is 11.8 Å². The molecule has 2 aromatic rings. The lowest BCUT2D eigenvalue weighted by atomic mass is 10.3. The summed E-state index contributed by atoms with van der Waals surface area (Å²) in [6, 6.07) is 10.6. The molecule has 0 atom stereocenters. The van der Waals surface area contributed by atoms with Gasteiger partial charge in [0.05, 0.1) is 11.8 Å². The monoisotopic (exact) mass is 367 g/mol. The summed E-state index contributed by atoms with van der Waals surface area (Å²) >= 11 is 7.26. The molecule has 8 heteroatoms. The van der Waals surface area contributed by atoms with Crippen LogP contribution in [0.25, 0.3) is 0 Å². The van der Waals surface area contributed by atoms with Crippen molar-refractivity contribution in [3.8, 4) is 6.07 Å². The summed E-state index contributed by atoms with van der Waals surface area (Å²) < 4.78 is 27.5. The van der Waals surface area contributed by atoms with Crippen LogP contribution in [0, 0.1) is 18.3 Å². The number of nitrogens with zero attached hydrogens (tertiary/aromatic N) is 2. The first kappa shape index (κ1) is 17.6. The Bertz CT molecular complexity index is 848. The molecule has 0 aliphatic carbocycles. The van der Waals surface area contributed by atoms with Gasteiger partial charge in [0, 0.05) is 23.3 Å². The Morgan fingerprint density at radius 2 is 2.13 bits per heavy atom. The van der Waals surface area contributed by atoms with Crippen LogP contribution in [0.5, 0.6) is 0 Å². The van der Waals surface area contributed by atoms with Gasteiger partial charge in [0.2, 0.25) is 0 Å². The molecule has 0 radical (unpaired) electrons. The Kier molecular flexibility index (Phi) is 5.88. The average Bonchev–Trinajstić information content (AvgIpc) is 2.51. The minimum atomic E-state index is -3.76. The summed E-state index contributed by atoms with van der Waals surface area (Å²) in [5.41, 5.74) is 1.06. The van der Waals surface area contributed by atoms with Crippen LogP contribution in [0.4, 0.5) is 5.69 Å². The van der Waals surface area contributed by atoms with Gasteiger partial charge in [-0.25, -0.2) is 13.4 Å². The van der Waals surface area contributed by atoms with Crippen molar-refractivity contribution in [2.24, 2.45) is 0 Å². The molecule has 1 aromatic carbocycles. The molecule has 0 saturated carbocycles. The van der Waals surface area contributed by atoms with Crippen molar-refractivity contribution in [3.05, 3.63) is 47.2 Å². The Balaban J connectivity index is 2.27. The van der Waals surface area contributed by atoms with Crippen molar-refractivity contribution in [2.45, 2.75) is 23.1 Å². The number of hydrogen-bond donors (Lipinski definition) is 1. The lowest BCUT2D eigenvalue weighted by Crippen LogP contribution is -2.14. The van der Waals surface area contributed by atoms with Crippen LogP contribution < -0.4 is 4.72 Å². The number of thioether (sulfide) groups is 1. The zero-order chi connectivity index (χ0) is 16.9. The van der Waals surface area contributed by atoms with Crippen LogP contribution >= 0.6 is 23.4 Å². The second kappa shape index (κ2) is 7.68. The molecule has 0 aliphatic heterocycles. The first-order valence-corrected chi connectivity index (χ1v) is 9.52. The number of rotatable bonds is 6. The Morgan fingerprint density at radius 1 is 1.39 bits per heavy atom. The van der Waals surface area contributed by atoms with E-state index in [1.165, 1.54) is 24.0 Å². The summed E-state index contributed by atoms with van der Waals surface area (Å²) in [7, 11) is -3.76. The lowest BCUT2D eigenvalue weighted by Gasteiger charge is -2.12. The van der Waals surface area contributed by atoms with E-state index in [9.17, 15) is 8.42 Å². The number of aromatic nitrogens is 1. The van der Waals surface area contributed by atoms with Gasteiger partial charge < -0.3 is 0 Å². The number of nitriles is 1. The van der Waals surface area contributed by atoms with E-state index in [-0.39, 0.29) is 10.0 Å². The van der Waals surface area contributed by atoms with Gasteiger partial charge in [0.1, 0.15) is 10.0 Å². The summed E-state index contributed by atoms with van der Waals surface area (Å²) in [6.45, 7) is 1.69. The van der Waals surface area contributed by atoms with Gasteiger partial charge in [0.25, 0.3) is 10.0 Å². The average molecular weight is 368 g/mol. The molecule has 120 valence electrons. The normalized spacial score (nSPS) is 11.0. The summed E-state index contributed by atoms with van der Waals surface area (Å²) in [4.78, 5) is 4.70. The SMILES string of the molecule is Cc1cc(S(=O)(=O)Nc2ccccc2SCCC#N)cnc1Cl. The topological polar surface area (TPSA) is 82.9 Å². The maximum absolute atomic E-state index is 12.5. The molecule has 0 amide bonds. The molecule has 0 unspecified atom stereocenters. The summed E-state index contributed by atoms with van der Waals surface area (Å²) in [5.74, 6) is 0.594. The van der Waals surface area contributed by atoms with Crippen LogP contribution in [0.3, 0.4) is 0 Å². The predicted octanol–water partition coefficient (Wildman–Crippen LogP) is 3.85.